The predicted octanol–water partition coefficient (Wildman–Crippen LogP) is 3.67. The molecular weight excluding hydrogens is 191 g/mol. The molecule has 1 atom stereocenters. The summed E-state index contributed by atoms with van der Waals surface area (Å²) in [7, 11) is -1.22. The monoisotopic (exact) mass is 209 g/mol. The lowest BCUT2D eigenvalue weighted by Gasteiger charge is -2.03. The van der Waals surface area contributed by atoms with Gasteiger partial charge in [-0.05, 0) is 37.5 Å². The molecule has 1 rings (SSSR count). The van der Waals surface area contributed by atoms with Crippen molar-refractivity contribution in [1.29, 1.82) is 0 Å². The van der Waals surface area contributed by atoms with E-state index in [2.05, 4.69) is 26.0 Å². The molecule has 0 aliphatic rings. The van der Waals surface area contributed by atoms with Gasteiger partial charge in [-0.25, -0.2) is 0 Å². The molecule has 0 fully saturated rings. The fourth-order valence-electron chi connectivity index (χ4n) is 1.30. The van der Waals surface area contributed by atoms with Gasteiger partial charge in [0.05, 0.1) is 0 Å². The first-order valence-electron chi connectivity index (χ1n) is 5.08. The van der Waals surface area contributed by atoms with Gasteiger partial charge in [0.1, 0.15) is 0 Å². The second kappa shape index (κ2) is 4.70. The fourth-order valence-corrected chi connectivity index (χ4v) is 2.34. The summed E-state index contributed by atoms with van der Waals surface area (Å²) in [5, 5.41) is 0.972. The summed E-state index contributed by atoms with van der Waals surface area (Å²) in [6.45, 7) is 8.32. The summed E-state index contributed by atoms with van der Waals surface area (Å²) < 4.78 is 11.8. The summed E-state index contributed by atoms with van der Waals surface area (Å²) in [4.78, 5) is 0. The van der Waals surface area contributed by atoms with Crippen LogP contribution in [0.3, 0.4) is 0 Å². The van der Waals surface area contributed by atoms with Crippen molar-refractivity contribution < 1.29 is 4.57 Å². The van der Waals surface area contributed by atoms with Crippen LogP contribution < -0.4 is 5.30 Å². The normalized spacial score (nSPS) is 12.3. The molecule has 1 nitrogen and oxygen atoms in total. The molecule has 0 bridgehead atoms. The summed E-state index contributed by atoms with van der Waals surface area (Å²) >= 11 is 0. The molecule has 0 radical (unpaired) electrons. The van der Waals surface area contributed by atoms with E-state index in [0.717, 1.165) is 5.30 Å². The Labute approximate surface area is 87.3 Å². The number of hydrogen-bond donors (Lipinski definition) is 0. The van der Waals surface area contributed by atoms with Gasteiger partial charge in [-0.1, -0.05) is 30.5 Å². The van der Waals surface area contributed by atoms with E-state index < -0.39 is 7.80 Å². The number of rotatable bonds is 3. The van der Waals surface area contributed by atoms with Crippen molar-refractivity contribution in [2.75, 3.05) is 0 Å². The van der Waals surface area contributed by atoms with Crippen LogP contribution in [0.4, 0.5) is 0 Å². The first kappa shape index (κ1) is 11.4. The highest BCUT2D eigenvalue weighted by molar-refractivity contribution is 7.54. The SMILES string of the molecule is CC(C)c1ccc([P+](=O)C(C)C)cc1. The summed E-state index contributed by atoms with van der Waals surface area (Å²) in [6.07, 6.45) is 0. The maximum absolute atomic E-state index is 11.8. The summed E-state index contributed by atoms with van der Waals surface area (Å²) in [5.74, 6) is 0.543. The Morgan fingerprint density at radius 3 is 1.86 bits per heavy atom. The molecule has 1 unspecified atom stereocenters. The molecule has 0 aromatic heterocycles. The highest BCUT2D eigenvalue weighted by atomic mass is 31.1. The minimum atomic E-state index is -1.22. The van der Waals surface area contributed by atoms with Gasteiger partial charge in [0.15, 0.2) is 11.0 Å². The van der Waals surface area contributed by atoms with E-state index in [0.29, 0.717) is 5.92 Å². The van der Waals surface area contributed by atoms with Crippen molar-refractivity contribution >= 4 is 13.1 Å². The van der Waals surface area contributed by atoms with E-state index in [4.69, 9.17) is 0 Å². The van der Waals surface area contributed by atoms with Crippen LogP contribution in [-0.2, 0) is 4.57 Å². The fraction of sp³-hybridized carbons (Fsp3) is 0.500. The first-order valence-corrected chi connectivity index (χ1v) is 6.41. The third-order valence-electron chi connectivity index (χ3n) is 2.28. The Hall–Kier alpha value is -0.680. The van der Waals surface area contributed by atoms with Crippen LogP contribution in [0.2, 0.25) is 0 Å². The maximum atomic E-state index is 11.8. The molecule has 14 heavy (non-hydrogen) atoms. The highest BCUT2D eigenvalue weighted by Gasteiger charge is 2.23. The van der Waals surface area contributed by atoms with E-state index in [9.17, 15) is 4.57 Å². The minimum absolute atomic E-state index is 0.231. The van der Waals surface area contributed by atoms with Gasteiger partial charge in [0, 0.05) is 0 Å². The maximum Gasteiger partial charge on any atom is 0.379 e. The minimum Gasteiger partial charge on any atom is -0.0678 e. The van der Waals surface area contributed by atoms with Crippen molar-refractivity contribution in [3.8, 4) is 0 Å². The van der Waals surface area contributed by atoms with Crippen LogP contribution in [0.5, 0.6) is 0 Å². The smallest absolute Gasteiger partial charge is 0.0678 e. The van der Waals surface area contributed by atoms with E-state index in [-0.39, 0.29) is 5.66 Å². The van der Waals surface area contributed by atoms with Crippen LogP contribution in [0.25, 0.3) is 0 Å². The van der Waals surface area contributed by atoms with E-state index >= 15 is 0 Å². The zero-order valence-electron chi connectivity index (χ0n) is 9.32. The van der Waals surface area contributed by atoms with Crippen LogP contribution in [0.15, 0.2) is 24.3 Å². The van der Waals surface area contributed by atoms with Crippen molar-refractivity contribution in [2.45, 2.75) is 39.3 Å². The lowest BCUT2D eigenvalue weighted by Crippen LogP contribution is -2.02. The molecule has 2 heteroatoms. The third kappa shape index (κ3) is 2.65. The van der Waals surface area contributed by atoms with Gasteiger partial charge < -0.3 is 0 Å². The van der Waals surface area contributed by atoms with Crippen LogP contribution in [0, 0.1) is 0 Å². The Morgan fingerprint density at radius 1 is 1.00 bits per heavy atom. The number of hydrogen-bond acceptors (Lipinski definition) is 1. The Morgan fingerprint density at radius 2 is 1.50 bits per heavy atom. The molecular formula is C12H18OP+. The average molecular weight is 209 g/mol. The second-order valence-corrected chi connectivity index (χ2v) is 6.37. The topological polar surface area (TPSA) is 17.1 Å². The predicted molar refractivity (Wildman–Crippen MR) is 62.9 cm³/mol. The van der Waals surface area contributed by atoms with Crippen LogP contribution in [-0.4, -0.2) is 5.66 Å². The van der Waals surface area contributed by atoms with E-state index in [1.54, 1.807) is 0 Å². The Balaban J connectivity index is 2.89. The number of benzene rings is 1. The van der Waals surface area contributed by atoms with Crippen LogP contribution in [0.1, 0.15) is 39.2 Å². The van der Waals surface area contributed by atoms with Gasteiger partial charge in [-0.2, -0.15) is 0 Å². The molecule has 0 saturated heterocycles. The second-order valence-electron chi connectivity index (χ2n) is 4.17. The van der Waals surface area contributed by atoms with Crippen molar-refractivity contribution in [1.82, 2.24) is 0 Å². The highest BCUT2D eigenvalue weighted by Crippen LogP contribution is 2.26. The molecule has 1 aromatic carbocycles. The molecule has 0 heterocycles. The average Bonchev–Trinajstić information content (AvgIpc) is 2.16. The van der Waals surface area contributed by atoms with Crippen molar-refractivity contribution in [3.05, 3.63) is 29.8 Å². The van der Waals surface area contributed by atoms with Crippen molar-refractivity contribution in [2.24, 2.45) is 0 Å². The Bertz CT molecular complexity index is 312. The molecule has 0 aliphatic carbocycles. The molecule has 76 valence electrons. The van der Waals surface area contributed by atoms with Gasteiger partial charge in [-0.3, -0.25) is 0 Å². The summed E-state index contributed by atoms with van der Waals surface area (Å²) in [5.41, 5.74) is 1.54. The molecule has 0 spiro atoms. The van der Waals surface area contributed by atoms with E-state index in [1.807, 2.05) is 26.0 Å². The molecule has 0 N–H and O–H groups in total. The molecule has 0 amide bonds. The lowest BCUT2D eigenvalue weighted by molar-refractivity contribution is 0.588. The van der Waals surface area contributed by atoms with Crippen molar-refractivity contribution in [3.63, 3.8) is 0 Å². The molecule has 1 aromatic rings. The van der Waals surface area contributed by atoms with Gasteiger partial charge in [0.25, 0.3) is 0 Å². The summed E-state index contributed by atoms with van der Waals surface area (Å²) in [6, 6.07) is 8.15. The Kier molecular flexibility index (Phi) is 3.83. The van der Waals surface area contributed by atoms with E-state index in [1.165, 1.54) is 5.56 Å². The molecule has 0 aliphatic heterocycles. The van der Waals surface area contributed by atoms with Gasteiger partial charge in [-0.15, -0.1) is 0 Å². The zero-order chi connectivity index (χ0) is 10.7. The standard InChI is InChI=1S/C12H18OP/c1-9(2)11-5-7-12(8-6-11)14(13)10(3)4/h5-10H,1-4H3/q+1. The largest absolute Gasteiger partial charge is 0.379 e. The van der Waals surface area contributed by atoms with Gasteiger partial charge in [0.2, 0.25) is 0 Å². The third-order valence-corrected chi connectivity index (χ3v) is 4.03. The molecule has 0 saturated carbocycles. The zero-order valence-corrected chi connectivity index (χ0v) is 10.2. The van der Waals surface area contributed by atoms with Gasteiger partial charge >= 0.3 is 7.80 Å². The quantitative estimate of drug-likeness (QED) is 0.694. The first-order chi connectivity index (χ1) is 6.52. The van der Waals surface area contributed by atoms with Crippen LogP contribution >= 0.6 is 7.80 Å². The lowest BCUT2D eigenvalue weighted by atomic mass is 10.0.